The van der Waals surface area contributed by atoms with Crippen LogP contribution in [0.15, 0.2) is 12.1 Å². The maximum absolute atomic E-state index is 13.5. The van der Waals surface area contributed by atoms with Crippen LogP contribution in [-0.4, -0.2) is 65.7 Å². The molecular weight excluding hydrogens is 497 g/mol. The first-order valence-corrected chi connectivity index (χ1v) is 12.8. The second kappa shape index (κ2) is 11.5. The minimum Gasteiger partial charge on any atom is -0.444 e. The van der Waals surface area contributed by atoms with Gasteiger partial charge in [0.1, 0.15) is 11.6 Å². The molecule has 3 rings (SSSR count). The van der Waals surface area contributed by atoms with Crippen LogP contribution in [0.3, 0.4) is 0 Å². The van der Waals surface area contributed by atoms with Crippen LogP contribution in [-0.2, 0) is 22.1 Å². The van der Waals surface area contributed by atoms with E-state index in [9.17, 15) is 22.8 Å². The van der Waals surface area contributed by atoms with E-state index in [1.807, 2.05) is 0 Å². The molecule has 2 heterocycles. The van der Waals surface area contributed by atoms with Gasteiger partial charge < -0.3 is 25.6 Å². The zero-order valence-corrected chi connectivity index (χ0v) is 21.8. The number of carbonyl (C=O) groups excluding carboxylic acids is 2. The van der Waals surface area contributed by atoms with E-state index in [0.717, 1.165) is 32.0 Å². The van der Waals surface area contributed by atoms with Gasteiger partial charge in [0.25, 0.3) is 0 Å². The summed E-state index contributed by atoms with van der Waals surface area (Å²) in [5.41, 5.74) is 3.23. The van der Waals surface area contributed by atoms with Gasteiger partial charge in [-0.15, -0.1) is 0 Å². The van der Waals surface area contributed by atoms with Gasteiger partial charge in [-0.2, -0.15) is 13.2 Å². The number of alkyl carbamates (subject to hydrolysis) is 1. The van der Waals surface area contributed by atoms with E-state index in [0.29, 0.717) is 19.1 Å². The number of amides is 2. The number of nitrogens with zero attached hydrogens (tertiary/aromatic N) is 2. The monoisotopic (exact) mass is 532 g/mol. The standard InChI is InChI=1S/C25H36ClF3N4O3/c1-24(2,3)36-23(35)31-20(15-16-13-18(25(27,28)29)21(30)19(26)14-16)22(34)33-11-7-17(8-12-33)32-9-5-4-6-10-32/h13-14,17,20H,4-12,15,30H2,1-3H3,(H,31,35)/t20-/m1/s1. The number of benzene rings is 1. The number of likely N-dealkylation sites (tertiary alicyclic amines) is 2. The molecule has 11 heteroatoms. The smallest absolute Gasteiger partial charge is 0.418 e. The maximum Gasteiger partial charge on any atom is 0.418 e. The second-order valence-corrected chi connectivity index (χ2v) is 11.0. The lowest BCUT2D eigenvalue weighted by molar-refractivity contribution is -0.137. The number of hydrogen-bond acceptors (Lipinski definition) is 5. The van der Waals surface area contributed by atoms with Gasteiger partial charge in [0, 0.05) is 25.6 Å². The van der Waals surface area contributed by atoms with Crippen molar-refractivity contribution in [2.24, 2.45) is 0 Å². The number of alkyl halides is 3. The predicted octanol–water partition coefficient (Wildman–Crippen LogP) is 4.85. The Morgan fingerprint density at radius 1 is 1.11 bits per heavy atom. The van der Waals surface area contributed by atoms with E-state index in [-0.39, 0.29) is 22.9 Å². The number of hydrogen-bond donors (Lipinski definition) is 2. The normalized spacial score (nSPS) is 19.1. The number of nitrogens with one attached hydrogen (secondary N) is 1. The third kappa shape index (κ3) is 7.65. The summed E-state index contributed by atoms with van der Waals surface area (Å²) < 4.78 is 45.7. The lowest BCUT2D eigenvalue weighted by Crippen LogP contribution is -2.54. The minimum atomic E-state index is -4.71. The van der Waals surface area contributed by atoms with Crippen molar-refractivity contribution in [3.8, 4) is 0 Å². The molecule has 7 nitrogen and oxygen atoms in total. The molecule has 2 saturated heterocycles. The fourth-order valence-electron chi connectivity index (χ4n) is 4.87. The Hall–Kier alpha value is -2.20. The van der Waals surface area contributed by atoms with Crippen molar-refractivity contribution in [3.05, 3.63) is 28.3 Å². The van der Waals surface area contributed by atoms with E-state index in [1.54, 1.807) is 25.7 Å². The zero-order valence-electron chi connectivity index (χ0n) is 21.1. The van der Waals surface area contributed by atoms with Crippen LogP contribution in [0, 0.1) is 0 Å². The summed E-state index contributed by atoms with van der Waals surface area (Å²) in [5.74, 6) is -0.362. The number of ether oxygens (including phenoxy) is 1. The zero-order chi connectivity index (χ0) is 26.7. The third-order valence-electron chi connectivity index (χ3n) is 6.61. The van der Waals surface area contributed by atoms with Gasteiger partial charge in [0.2, 0.25) is 5.91 Å². The highest BCUT2D eigenvalue weighted by Gasteiger charge is 2.36. The molecular formula is C25H36ClF3N4O3. The predicted molar refractivity (Wildman–Crippen MR) is 133 cm³/mol. The van der Waals surface area contributed by atoms with Gasteiger partial charge in [0.05, 0.1) is 16.3 Å². The number of piperidine rings is 2. The number of carbonyl (C=O) groups is 2. The van der Waals surface area contributed by atoms with Crippen molar-refractivity contribution in [3.63, 3.8) is 0 Å². The molecule has 2 aliphatic rings. The fourth-order valence-corrected chi connectivity index (χ4v) is 5.11. The number of rotatable bonds is 5. The molecule has 202 valence electrons. The molecule has 36 heavy (non-hydrogen) atoms. The molecule has 2 aliphatic heterocycles. The van der Waals surface area contributed by atoms with Crippen LogP contribution in [0.25, 0.3) is 0 Å². The number of anilines is 1. The first-order valence-electron chi connectivity index (χ1n) is 12.4. The second-order valence-electron chi connectivity index (χ2n) is 10.6. The quantitative estimate of drug-likeness (QED) is 0.529. The molecule has 0 unspecified atom stereocenters. The number of halogens is 4. The Balaban J connectivity index is 1.77. The SMILES string of the molecule is CC(C)(C)OC(=O)N[C@H](Cc1cc(Cl)c(N)c(C(F)(F)F)c1)C(=O)N1CCC(N2CCCCC2)CC1. The van der Waals surface area contributed by atoms with E-state index in [4.69, 9.17) is 22.1 Å². The topological polar surface area (TPSA) is 87.9 Å². The van der Waals surface area contributed by atoms with Gasteiger partial charge >= 0.3 is 12.3 Å². The van der Waals surface area contributed by atoms with Crippen molar-refractivity contribution in [2.45, 2.75) is 83.2 Å². The van der Waals surface area contributed by atoms with Crippen molar-refractivity contribution in [1.29, 1.82) is 0 Å². The van der Waals surface area contributed by atoms with Crippen LogP contribution < -0.4 is 11.1 Å². The largest absolute Gasteiger partial charge is 0.444 e. The van der Waals surface area contributed by atoms with Crippen LogP contribution in [0.2, 0.25) is 5.02 Å². The van der Waals surface area contributed by atoms with Crippen molar-refractivity contribution in [1.82, 2.24) is 15.1 Å². The van der Waals surface area contributed by atoms with E-state index in [1.165, 1.54) is 25.3 Å². The Labute approximate surface area is 215 Å². The Bertz CT molecular complexity index is 938. The summed E-state index contributed by atoms with van der Waals surface area (Å²) in [5, 5.41) is 2.31. The van der Waals surface area contributed by atoms with Gasteiger partial charge in [-0.1, -0.05) is 18.0 Å². The van der Waals surface area contributed by atoms with Crippen molar-refractivity contribution >= 4 is 29.3 Å². The average molecular weight is 533 g/mol. The molecule has 3 N–H and O–H groups in total. The number of nitrogens with two attached hydrogens (primary N) is 1. The van der Waals surface area contributed by atoms with Gasteiger partial charge in [0.15, 0.2) is 0 Å². The minimum absolute atomic E-state index is 0.138. The van der Waals surface area contributed by atoms with Crippen LogP contribution in [0.1, 0.15) is 64.0 Å². The molecule has 0 aliphatic carbocycles. The molecule has 1 atom stereocenters. The summed E-state index contributed by atoms with van der Waals surface area (Å²) in [6.45, 7) is 8.23. The first-order chi connectivity index (χ1) is 16.7. The summed E-state index contributed by atoms with van der Waals surface area (Å²) in [6, 6.07) is 1.47. The van der Waals surface area contributed by atoms with E-state index >= 15 is 0 Å². The first kappa shape index (κ1) is 28.4. The average Bonchev–Trinajstić information content (AvgIpc) is 2.79. The number of nitrogen functional groups attached to an aromatic ring is 1. The van der Waals surface area contributed by atoms with Crippen molar-refractivity contribution < 1.29 is 27.5 Å². The highest BCUT2D eigenvalue weighted by Crippen LogP contribution is 2.38. The van der Waals surface area contributed by atoms with E-state index in [2.05, 4.69) is 10.2 Å². The van der Waals surface area contributed by atoms with Gasteiger partial charge in [-0.25, -0.2) is 4.79 Å². The Morgan fingerprint density at radius 3 is 2.28 bits per heavy atom. The van der Waals surface area contributed by atoms with Crippen LogP contribution in [0.5, 0.6) is 0 Å². The van der Waals surface area contributed by atoms with E-state index < -0.39 is 35.2 Å². The molecule has 0 radical (unpaired) electrons. The van der Waals surface area contributed by atoms with Crippen LogP contribution >= 0.6 is 11.6 Å². The molecule has 1 aromatic rings. The molecule has 0 saturated carbocycles. The summed E-state index contributed by atoms with van der Waals surface area (Å²) in [4.78, 5) is 30.2. The molecule has 2 amide bonds. The highest BCUT2D eigenvalue weighted by atomic mass is 35.5. The van der Waals surface area contributed by atoms with Crippen LogP contribution in [0.4, 0.5) is 23.7 Å². The summed E-state index contributed by atoms with van der Waals surface area (Å²) >= 11 is 5.98. The molecule has 0 bridgehead atoms. The van der Waals surface area contributed by atoms with Gasteiger partial charge in [-0.05, 0) is 77.2 Å². The summed E-state index contributed by atoms with van der Waals surface area (Å²) in [6.07, 6.45) is -0.465. The lowest BCUT2D eigenvalue weighted by atomic mass is 9.97. The lowest BCUT2D eigenvalue weighted by Gasteiger charge is -2.41. The molecule has 0 spiro atoms. The molecule has 0 aromatic heterocycles. The molecule has 2 fully saturated rings. The highest BCUT2D eigenvalue weighted by molar-refractivity contribution is 6.33. The molecule has 1 aromatic carbocycles. The fraction of sp³-hybridized carbons (Fsp3) is 0.680. The Morgan fingerprint density at radius 2 is 1.72 bits per heavy atom. The third-order valence-corrected chi connectivity index (χ3v) is 6.92. The summed E-state index contributed by atoms with van der Waals surface area (Å²) in [7, 11) is 0. The maximum atomic E-state index is 13.5. The van der Waals surface area contributed by atoms with Gasteiger partial charge in [-0.3, -0.25) is 4.79 Å². The van der Waals surface area contributed by atoms with Crippen molar-refractivity contribution in [2.75, 3.05) is 31.9 Å². The Kier molecular flexibility index (Phi) is 9.03.